The smallest absolute Gasteiger partial charge is 0.328 e. The molecule has 1 saturated carbocycles. The molecule has 2 saturated heterocycles. The van der Waals surface area contributed by atoms with Crippen LogP contribution in [0.25, 0.3) is 0 Å². The van der Waals surface area contributed by atoms with Gasteiger partial charge >= 0.3 is 6.03 Å². The van der Waals surface area contributed by atoms with Crippen LogP contribution < -0.4 is 21.1 Å². The van der Waals surface area contributed by atoms with E-state index in [9.17, 15) is 24.3 Å². The Balaban J connectivity index is 1.40. The van der Waals surface area contributed by atoms with Gasteiger partial charge in [0.25, 0.3) is 5.56 Å². The van der Waals surface area contributed by atoms with Crippen LogP contribution >= 0.6 is 12.2 Å². The van der Waals surface area contributed by atoms with E-state index in [1.165, 1.54) is 10.8 Å². The van der Waals surface area contributed by atoms with Crippen molar-refractivity contribution < 1.29 is 19.5 Å². The standard InChI is InChI=1S/C24H25N7O5S/c1-29-6-7-30-16-5-2-13(25-10-15-18(32)26-23(37)31(19(15)33)14-3-4-14)8-12(16)9-24(17(30)11-29)20(34)27-22(36)28-21(24)35/h2,5,8,10,14,17,33H,3-4,6-7,9,11H2,1H3,(H,26,32,37)(H2,27,28,34,35,36)/t17-/m0/s1. The number of aliphatic imine (C=N–C) groups is 1. The maximum absolute atomic E-state index is 13.2. The number of aromatic amines is 1. The van der Waals surface area contributed by atoms with E-state index in [0.717, 1.165) is 30.6 Å². The van der Waals surface area contributed by atoms with E-state index >= 15 is 0 Å². The molecule has 192 valence electrons. The Labute approximate surface area is 216 Å². The Morgan fingerprint density at radius 2 is 1.86 bits per heavy atom. The van der Waals surface area contributed by atoms with Crippen molar-refractivity contribution in [3.05, 3.63) is 44.5 Å². The van der Waals surface area contributed by atoms with Crippen molar-refractivity contribution in [3.8, 4) is 5.88 Å². The quantitative estimate of drug-likeness (QED) is 0.261. The summed E-state index contributed by atoms with van der Waals surface area (Å²) in [6.07, 6.45) is 3.12. The highest BCUT2D eigenvalue weighted by Crippen LogP contribution is 2.45. The van der Waals surface area contributed by atoms with Crippen LogP contribution in [0.3, 0.4) is 0 Å². The number of imide groups is 2. The van der Waals surface area contributed by atoms with Crippen molar-refractivity contribution in [1.29, 1.82) is 0 Å². The summed E-state index contributed by atoms with van der Waals surface area (Å²) in [7, 11) is 1.94. The zero-order chi connectivity index (χ0) is 26.1. The number of likely N-dealkylation sites (N-methyl/N-ethyl adjacent to an activating group) is 1. The lowest BCUT2D eigenvalue weighted by Gasteiger charge is -2.53. The first-order valence-electron chi connectivity index (χ1n) is 12.1. The molecule has 1 aromatic heterocycles. The third-order valence-electron chi connectivity index (χ3n) is 7.67. The normalized spacial score (nSPS) is 23.1. The number of hydrogen-bond donors (Lipinski definition) is 4. The number of piperazine rings is 1. The molecule has 1 atom stereocenters. The van der Waals surface area contributed by atoms with Gasteiger partial charge in [-0.3, -0.25) is 39.6 Å². The van der Waals surface area contributed by atoms with Crippen LogP contribution in [0.4, 0.5) is 16.2 Å². The Bertz CT molecular complexity index is 1490. The van der Waals surface area contributed by atoms with Crippen LogP contribution in [0.1, 0.15) is 30.0 Å². The predicted molar refractivity (Wildman–Crippen MR) is 136 cm³/mol. The van der Waals surface area contributed by atoms with Crippen LogP contribution in [0.2, 0.25) is 0 Å². The Kier molecular flexibility index (Phi) is 5.31. The highest BCUT2D eigenvalue weighted by atomic mass is 32.1. The number of barbiturate groups is 1. The van der Waals surface area contributed by atoms with Gasteiger partial charge in [-0.05, 0) is 62.3 Å². The third kappa shape index (κ3) is 3.68. The molecule has 1 aliphatic carbocycles. The second-order valence-electron chi connectivity index (χ2n) is 10.0. The van der Waals surface area contributed by atoms with Crippen LogP contribution in [0.15, 0.2) is 28.0 Å². The summed E-state index contributed by atoms with van der Waals surface area (Å²) in [5, 5.41) is 15.3. The first-order valence-corrected chi connectivity index (χ1v) is 12.5. The molecule has 4 heterocycles. The molecule has 1 aromatic carbocycles. The lowest BCUT2D eigenvalue weighted by atomic mass is 9.68. The van der Waals surface area contributed by atoms with E-state index in [2.05, 4.69) is 30.4 Å². The van der Waals surface area contributed by atoms with E-state index in [-0.39, 0.29) is 28.7 Å². The molecular weight excluding hydrogens is 498 g/mol. The number of aromatic hydroxyl groups is 1. The van der Waals surface area contributed by atoms with Gasteiger partial charge < -0.3 is 14.9 Å². The second kappa shape index (κ2) is 8.35. The molecule has 3 fully saturated rings. The second-order valence-corrected chi connectivity index (χ2v) is 10.4. The number of carbonyl (C=O) groups excluding carboxylic acids is 3. The summed E-state index contributed by atoms with van der Waals surface area (Å²) in [5.74, 6) is -1.45. The first-order chi connectivity index (χ1) is 17.7. The summed E-state index contributed by atoms with van der Waals surface area (Å²) < 4.78 is 1.70. The van der Waals surface area contributed by atoms with E-state index in [4.69, 9.17) is 12.2 Å². The molecule has 13 heteroatoms. The van der Waals surface area contributed by atoms with Gasteiger partial charge in [0.15, 0.2) is 10.2 Å². The number of nitrogens with zero attached hydrogens (tertiary/aromatic N) is 4. The van der Waals surface area contributed by atoms with Gasteiger partial charge in [0.05, 0.1) is 11.7 Å². The van der Waals surface area contributed by atoms with Crippen LogP contribution in [0, 0.1) is 10.2 Å². The minimum atomic E-state index is -1.48. The van der Waals surface area contributed by atoms with Gasteiger partial charge in [0, 0.05) is 37.6 Å². The number of benzene rings is 1. The van der Waals surface area contributed by atoms with Crippen molar-refractivity contribution in [3.63, 3.8) is 0 Å². The van der Waals surface area contributed by atoms with Gasteiger partial charge in [-0.2, -0.15) is 0 Å². The average Bonchev–Trinajstić information content (AvgIpc) is 3.67. The molecule has 4 N–H and O–H groups in total. The molecule has 4 amide bonds. The number of hydrogen-bond acceptors (Lipinski definition) is 9. The summed E-state index contributed by atoms with van der Waals surface area (Å²) in [6, 6.07) is 4.23. The van der Waals surface area contributed by atoms with Crippen LogP contribution in [-0.2, 0) is 16.0 Å². The molecule has 0 bridgehead atoms. The highest BCUT2D eigenvalue weighted by molar-refractivity contribution is 7.71. The molecule has 2 aromatic rings. The number of carbonyl (C=O) groups is 3. The number of H-pyrrole nitrogens is 1. The van der Waals surface area contributed by atoms with Gasteiger partial charge in [0.1, 0.15) is 5.56 Å². The van der Waals surface area contributed by atoms with Crippen molar-refractivity contribution in [2.75, 3.05) is 31.6 Å². The molecule has 37 heavy (non-hydrogen) atoms. The Hall–Kier alpha value is -3.84. The van der Waals surface area contributed by atoms with Crippen molar-refractivity contribution >= 4 is 47.7 Å². The highest BCUT2D eigenvalue weighted by Gasteiger charge is 2.60. The summed E-state index contributed by atoms with van der Waals surface area (Å²) in [6.45, 7) is 1.83. The summed E-state index contributed by atoms with van der Waals surface area (Å²) in [5.41, 5.74) is 0.0695. The minimum absolute atomic E-state index is 0.00151. The fourth-order valence-corrected chi connectivity index (χ4v) is 5.96. The van der Waals surface area contributed by atoms with Gasteiger partial charge in [-0.1, -0.05) is 0 Å². The van der Waals surface area contributed by atoms with E-state index < -0.39 is 34.9 Å². The number of fused-ring (bicyclic) bond motifs is 4. The molecule has 4 aliphatic rings. The number of nitrogens with one attached hydrogen (secondary N) is 3. The number of rotatable bonds is 3. The van der Waals surface area contributed by atoms with E-state index in [1.54, 1.807) is 12.1 Å². The molecule has 12 nitrogen and oxygen atoms in total. The number of urea groups is 1. The monoisotopic (exact) mass is 523 g/mol. The molecule has 0 radical (unpaired) electrons. The lowest BCUT2D eigenvalue weighted by molar-refractivity contribution is -0.147. The molecular formula is C24H25N7O5S. The van der Waals surface area contributed by atoms with Gasteiger partial charge in [0.2, 0.25) is 17.7 Å². The largest absolute Gasteiger partial charge is 0.494 e. The number of amides is 4. The SMILES string of the molecule is CN1CCN2c3ccc(N=Cc4c(O)n(C5CC5)c(=S)[nH]c4=O)cc3CC3(C(=O)NC(=O)NC3=O)[C@@H]2C1. The number of anilines is 1. The van der Waals surface area contributed by atoms with Crippen LogP contribution in [-0.4, -0.2) is 76.3 Å². The zero-order valence-corrected chi connectivity index (χ0v) is 20.8. The van der Waals surface area contributed by atoms with Crippen LogP contribution in [0.5, 0.6) is 5.88 Å². The van der Waals surface area contributed by atoms with E-state index in [1.807, 2.05) is 13.1 Å². The summed E-state index contributed by atoms with van der Waals surface area (Å²) >= 11 is 5.20. The fourth-order valence-electron chi connectivity index (χ4n) is 5.63. The zero-order valence-electron chi connectivity index (χ0n) is 20.0. The maximum atomic E-state index is 13.2. The molecule has 6 rings (SSSR count). The summed E-state index contributed by atoms with van der Waals surface area (Å²) in [4.78, 5) is 61.9. The van der Waals surface area contributed by atoms with Crippen molar-refractivity contribution in [2.45, 2.75) is 31.3 Å². The molecule has 0 unspecified atom stereocenters. The third-order valence-corrected chi connectivity index (χ3v) is 7.97. The number of aromatic nitrogens is 2. The minimum Gasteiger partial charge on any atom is -0.494 e. The molecule has 1 spiro atoms. The Morgan fingerprint density at radius 3 is 2.57 bits per heavy atom. The predicted octanol–water partition coefficient (Wildman–Crippen LogP) is 0.726. The lowest BCUT2D eigenvalue weighted by Crippen LogP contribution is -2.74. The van der Waals surface area contributed by atoms with Crippen molar-refractivity contribution in [1.82, 2.24) is 25.1 Å². The Morgan fingerprint density at radius 1 is 1.14 bits per heavy atom. The average molecular weight is 524 g/mol. The first kappa shape index (κ1) is 23.6. The molecule has 3 aliphatic heterocycles. The van der Waals surface area contributed by atoms with E-state index in [0.29, 0.717) is 18.8 Å². The van der Waals surface area contributed by atoms with Gasteiger partial charge in [-0.15, -0.1) is 0 Å². The van der Waals surface area contributed by atoms with Gasteiger partial charge in [-0.25, -0.2) is 4.79 Å². The topological polar surface area (TPSA) is 152 Å². The fraction of sp³-hybridized carbons (Fsp3) is 0.417. The van der Waals surface area contributed by atoms with Crippen molar-refractivity contribution in [2.24, 2.45) is 10.4 Å². The maximum Gasteiger partial charge on any atom is 0.328 e.